The van der Waals surface area contributed by atoms with Crippen molar-refractivity contribution >= 4 is 5.91 Å². The number of hydrogen-bond acceptors (Lipinski definition) is 3. The summed E-state index contributed by atoms with van der Waals surface area (Å²) in [5.41, 5.74) is 0.910. The molecule has 1 heterocycles. The summed E-state index contributed by atoms with van der Waals surface area (Å²) in [5, 5.41) is 3.20. The fourth-order valence-corrected chi connectivity index (χ4v) is 2.49. The number of halogens is 1. The molecule has 1 N–H and O–H groups in total. The van der Waals surface area contributed by atoms with Crippen LogP contribution in [0, 0.1) is 11.7 Å². The standard InChI is InChI=1S/C16H23FN2O2/c1-3-18-10-12(2)16(20)19-8-9-21-15(11-19)13-4-6-14(17)7-5-13/h4-7,12,15,18H,3,8-11H2,1-2H3. The summed E-state index contributed by atoms with van der Waals surface area (Å²) >= 11 is 0. The van der Waals surface area contributed by atoms with Gasteiger partial charge < -0.3 is 15.0 Å². The predicted octanol–water partition coefficient (Wildman–Crippen LogP) is 1.97. The van der Waals surface area contributed by atoms with Crippen molar-refractivity contribution in [3.63, 3.8) is 0 Å². The molecule has 1 aliphatic rings. The molecule has 0 radical (unpaired) electrons. The molecular weight excluding hydrogens is 271 g/mol. The summed E-state index contributed by atoms with van der Waals surface area (Å²) in [6.07, 6.45) is -0.172. The summed E-state index contributed by atoms with van der Waals surface area (Å²) in [4.78, 5) is 14.3. The predicted molar refractivity (Wildman–Crippen MR) is 79.4 cm³/mol. The number of carbonyl (C=O) groups is 1. The first-order valence-corrected chi connectivity index (χ1v) is 7.48. The highest BCUT2D eigenvalue weighted by molar-refractivity contribution is 5.78. The van der Waals surface area contributed by atoms with Gasteiger partial charge in [0.05, 0.1) is 13.2 Å². The smallest absolute Gasteiger partial charge is 0.226 e. The molecule has 116 valence electrons. The zero-order valence-electron chi connectivity index (χ0n) is 12.6. The van der Waals surface area contributed by atoms with Gasteiger partial charge in [0.2, 0.25) is 5.91 Å². The van der Waals surface area contributed by atoms with E-state index in [0.29, 0.717) is 26.2 Å². The Labute approximate surface area is 125 Å². The van der Waals surface area contributed by atoms with Gasteiger partial charge in [-0.2, -0.15) is 0 Å². The average molecular weight is 294 g/mol. The van der Waals surface area contributed by atoms with Crippen LogP contribution in [-0.2, 0) is 9.53 Å². The van der Waals surface area contributed by atoms with Crippen molar-refractivity contribution in [3.05, 3.63) is 35.6 Å². The van der Waals surface area contributed by atoms with E-state index in [4.69, 9.17) is 4.74 Å². The van der Waals surface area contributed by atoms with Gasteiger partial charge in [-0.1, -0.05) is 26.0 Å². The van der Waals surface area contributed by atoms with Gasteiger partial charge in [0.1, 0.15) is 11.9 Å². The van der Waals surface area contributed by atoms with Crippen molar-refractivity contribution < 1.29 is 13.9 Å². The Morgan fingerprint density at radius 3 is 2.86 bits per heavy atom. The molecule has 0 bridgehead atoms. The van der Waals surface area contributed by atoms with Crippen LogP contribution in [0.15, 0.2) is 24.3 Å². The van der Waals surface area contributed by atoms with Crippen molar-refractivity contribution in [2.75, 3.05) is 32.8 Å². The van der Waals surface area contributed by atoms with E-state index in [1.54, 1.807) is 12.1 Å². The minimum Gasteiger partial charge on any atom is -0.370 e. The summed E-state index contributed by atoms with van der Waals surface area (Å²) in [6.45, 7) is 7.17. The van der Waals surface area contributed by atoms with Gasteiger partial charge in [-0.15, -0.1) is 0 Å². The highest BCUT2D eigenvalue weighted by atomic mass is 19.1. The number of benzene rings is 1. The van der Waals surface area contributed by atoms with Crippen LogP contribution < -0.4 is 5.32 Å². The van der Waals surface area contributed by atoms with Crippen LogP contribution >= 0.6 is 0 Å². The fourth-order valence-electron chi connectivity index (χ4n) is 2.49. The fraction of sp³-hybridized carbons (Fsp3) is 0.562. The van der Waals surface area contributed by atoms with E-state index < -0.39 is 0 Å². The van der Waals surface area contributed by atoms with Gasteiger partial charge in [-0.3, -0.25) is 4.79 Å². The zero-order valence-corrected chi connectivity index (χ0v) is 12.6. The van der Waals surface area contributed by atoms with Crippen LogP contribution in [0.5, 0.6) is 0 Å². The molecule has 4 nitrogen and oxygen atoms in total. The monoisotopic (exact) mass is 294 g/mol. The van der Waals surface area contributed by atoms with E-state index in [1.165, 1.54) is 12.1 Å². The third-order valence-corrected chi connectivity index (χ3v) is 3.74. The third-order valence-electron chi connectivity index (χ3n) is 3.74. The lowest BCUT2D eigenvalue weighted by molar-refractivity contribution is -0.142. The molecule has 1 aromatic rings. The van der Waals surface area contributed by atoms with Crippen LogP contribution in [-0.4, -0.2) is 43.6 Å². The Morgan fingerprint density at radius 2 is 2.19 bits per heavy atom. The molecule has 0 spiro atoms. The molecule has 1 amide bonds. The molecule has 2 atom stereocenters. The molecule has 1 saturated heterocycles. The quantitative estimate of drug-likeness (QED) is 0.903. The second kappa shape index (κ2) is 7.52. The molecule has 0 aromatic heterocycles. The maximum atomic E-state index is 13.0. The van der Waals surface area contributed by atoms with Crippen LogP contribution in [0.4, 0.5) is 4.39 Å². The molecule has 5 heteroatoms. The number of nitrogens with zero attached hydrogens (tertiary/aromatic N) is 1. The van der Waals surface area contributed by atoms with Gasteiger partial charge in [0.25, 0.3) is 0 Å². The number of carbonyl (C=O) groups excluding carboxylic acids is 1. The molecule has 1 aliphatic heterocycles. The Morgan fingerprint density at radius 1 is 1.48 bits per heavy atom. The molecule has 2 rings (SSSR count). The van der Waals surface area contributed by atoms with Crippen molar-refractivity contribution in [3.8, 4) is 0 Å². The van der Waals surface area contributed by atoms with E-state index in [1.807, 2.05) is 18.7 Å². The first-order valence-electron chi connectivity index (χ1n) is 7.48. The topological polar surface area (TPSA) is 41.6 Å². The molecule has 0 saturated carbocycles. The van der Waals surface area contributed by atoms with Crippen molar-refractivity contribution in [1.29, 1.82) is 0 Å². The van der Waals surface area contributed by atoms with Crippen molar-refractivity contribution in [1.82, 2.24) is 10.2 Å². The lowest BCUT2D eigenvalue weighted by atomic mass is 10.1. The summed E-state index contributed by atoms with van der Waals surface area (Å²) < 4.78 is 18.7. The highest BCUT2D eigenvalue weighted by Gasteiger charge is 2.27. The largest absolute Gasteiger partial charge is 0.370 e. The lowest BCUT2D eigenvalue weighted by Gasteiger charge is -2.34. The number of ether oxygens (including phenoxy) is 1. The summed E-state index contributed by atoms with van der Waals surface area (Å²) in [6, 6.07) is 6.28. The number of amides is 1. The van der Waals surface area contributed by atoms with Gasteiger partial charge in [-0.05, 0) is 24.2 Å². The second-order valence-electron chi connectivity index (χ2n) is 5.40. The van der Waals surface area contributed by atoms with E-state index >= 15 is 0 Å². The van der Waals surface area contributed by atoms with Crippen molar-refractivity contribution in [2.45, 2.75) is 20.0 Å². The maximum absolute atomic E-state index is 13.0. The normalized spacial score (nSPS) is 20.3. The van der Waals surface area contributed by atoms with Crippen LogP contribution in [0.3, 0.4) is 0 Å². The van der Waals surface area contributed by atoms with E-state index in [2.05, 4.69) is 5.32 Å². The van der Waals surface area contributed by atoms with E-state index in [9.17, 15) is 9.18 Å². The zero-order chi connectivity index (χ0) is 15.2. The third kappa shape index (κ3) is 4.25. The van der Waals surface area contributed by atoms with E-state index in [0.717, 1.165) is 12.1 Å². The molecule has 0 aliphatic carbocycles. The number of morpholine rings is 1. The minimum atomic E-state index is -0.262. The number of nitrogens with one attached hydrogen (secondary N) is 1. The van der Waals surface area contributed by atoms with Gasteiger partial charge in [0.15, 0.2) is 0 Å². The maximum Gasteiger partial charge on any atom is 0.226 e. The van der Waals surface area contributed by atoms with Crippen LogP contribution in [0.2, 0.25) is 0 Å². The van der Waals surface area contributed by atoms with Crippen LogP contribution in [0.25, 0.3) is 0 Å². The Kier molecular flexibility index (Phi) is 5.70. The Hall–Kier alpha value is -1.46. The second-order valence-corrected chi connectivity index (χ2v) is 5.40. The first-order chi connectivity index (χ1) is 10.1. The SMILES string of the molecule is CCNCC(C)C(=O)N1CCOC(c2ccc(F)cc2)C1. The van der Waals surface area contributed by atoms with Crippen molar-refractivity contribution in [2.24, 2.45) is 5.92 Å². The first kappa shape index (κ1) is 15.9. The Balaban J connectivity index is 1.97. The highest BCUT2D eigenvalue weighted by Crippen LogP contribution is 2.23. The molecule has 1 aromatic carbocycles. The van der Waals surface area contributed by atoms with Gasteiger partial charge in [0, 0.05) is 19.0 Å². The number of hydrogen-bond donors (Lipinski definition) is 1. The Bertz CT molecular complexity index is 464. The molecule has 1 fully saturated rings. The summed E-state index contributed by atoms with van der Waals surface area (Å²) in [5.74, 6) is -0.162. The summed E-state index contributed by atoms with van der Waals surface area (Å²) in [7, 11) is 0. The number of rotatable bonds is 5. The molecule has 2 unspecified atom stereocenters. The lowest BCUT2D eigenvalue weighted by Crippen LogP contribution is -2.46. The van der Waals surface area contributed by atoms with Gasteiger partial charge in [-0.25, -0.2) is 4.39 Å². The average Bonchev–Trinajstić information content (AvgIpc) is 2.52. The molecular formula is C16H23FN2O2. The van der Waals surface area contributed by atoms with E-state index in [-0.39, 0.29) is 23.7 Å². The van der Waals surface area contributed by atoms with Crippen LogP contribution in [0.1, 0.15) is 25.5 Å². The molecule has 21 heavy (non-hydrogen) atoms. The minimum absolute atomic E-state index is 0.0445. The van der Waals surface area contributed by atoms with Gasteiger partial charge >= 0.3 is 0 Å².